The van der Waals surface area contributed by atoms with Crippen molar-refractivity contribution >= 4 is 34.1 Å². The lowest BCUT2D eigenvalue weighted by atomic mass is 10.0. The molecule has 1 unspecified atom stereocenters. The van der Waals surface area contributed by atoms with Crippen molar-refractivity contribution in [3.63, 3.8) is 0 Å². The van der Waals surface area contributed by atoms with Crippen LogP contribution in [0.25, 0.3) is 10.9 Å². The number of hydrogen-bond donors (Lipinski definition) is 1. The third kappa shape index (κ3) is 4.89. The molecular weight excluding hydrogens is 466 g/mol. The lowest BCUT2D eigenvalue weighted by Crippen LogP contribution is -2.38. The maximum absolute atomic E-state index is 13.4. The first kappa shape index (κ1) is 23.0. The minimum atomic E-state index is -0.333. The number of likely N-dealkylation sites (N-methyl/N-ethyl adjacent to an activating group) is 1. The first-order valence-corrected chi connectivity index (χ1v) is 11.8. The Morgan fingerprint density at radius 3 is 2.71 bits per heavy atom. The van der Waals surface area contributed by atoms with Crippen molar-refractivity contribution in [2.24, 2.45) is 5.10 Å². The van der Waals surface area contributed by atoms with Gasteiger partial charge in [-0.15, -0.1) is 0 Å². The second-order valence-corrected chi connectivity index (χ2v) is 8.80. The molecule has 1 amide bonds. The Morgan fingerprint density at radius 2 is 1.97 bits per heavy atom. The van der Waals surface area contributed by atoms with Gasteiger partial charge in [-0.05, 0) is 48.5 Å². The number of nitrogens with one attached hydrogen (secondary N) is 1. The van der Waals surface area contributed by atoms with E-state index in [-0.39, 0.29) is 24.1 Å². The Kier molecular flexibility index (Phi) is 6.48. The molecule has 2 aromatic heterocycles. The van der Waals surface area contributed by atoms with E-state index < -0.39 is 0 Å². The number of benzene rings is 2. The van der Waals surface area contributed by atoms with Gasteiger partial charge in [0.05, 0.1) is 36.0 Å². The molecular formula is C26H24ClN5O3. The van der Waals surface area contributed by atoms with Crippen LogP contribution in [0.1, 0.15) is 36.5 Å². The third-order valence-corrected chi connectivity index (χ3v) is 6.31. The summed E-state index contributed by atoms with van der Waals surface area (Å²) in [5.74, 6) is 1.02. The molecule has 0 saturated heterocycles. The number of amides is 1. The van der Waals surface area contributed by atoms with Crippen molar-refractivity contribution in [3.8, 4) is 0 Å². The van der Waals surface area contributed by atoms with Gasteiger partial charge in [0.2, 0.25) is 0 Å². The zero-order chi connectivity index (χ0) is 24.4. The molecule has 0 saturated carbocycles. The third-order valence-electron chi connectivity index (χ3n) is 6.06. The maximum Gasteiger partial charge on any atom is 0.258 e. The van der Waals surface area contributed by atoms with Crippen molar-refractivity contribution in [1.29, 1.82) is 0 Å². The number of halogens is 1. The van der Waals surface area contributed by atoms with Crippen molar-refractivity contribution < 1.29 is 9.21 Å². The molecule has 178 valence electrons. The summed E-state index contributed by atoms with van der Waals surface area (Å²) < 4.78 is 5.63. The predicted octanol–water partition coefficient (Wildman–Crippen LogP) is 4.37. The van der Waals surface area contributed by atoms with E-state index in [2.05, 4.69) is 15.1 Å². The van der Waals surface area contributed by atoms with E-state index >= 15 is 0 Å². The first-order valence-electron chi connectivity index (χ1n) is 11.4. The average Bonchev–Trinajstić information content (AvgIpc) is 3.54. The van der Waals surface area contributed by atoms with Gasteiger partial charge < -0.3 is 9.40 Å². The fourth-order valence-corrected chi connectivity index (χ4v) is 4.35. The molecule has 4 aromatic rings. The van der Waals surface area contributed by atoms with Gasteiger partial charge in [-0.25, -0.2) is 9.99 Å². The van der Waals surface area contributed by atoms with Gasteiger partial charge in [0.15, 0.2) is 0 Å². The van der Waals surface area contributed by atoms with E-state index in [9.17, 15) is 9.59 Å². The minimum absolute atomic E-state index is 0.113. The molecule has 5 rings (SSSR count). The van der Waals surface area contributed by atoms with Crippen molar-refractivity contribution in [1.82, 2.24) is 19.9 Å². The van der Waals surface area contributed by atoms with E-state index in [1.807, 2.05) is 48.2 Å². The summed E-state index contributed by atoms with van der Waals surface area (Å²) in [7, 11) is 0. The predicted molar refractivity (Wildman–Crippen MR) is 134 cm³/mol. The zero-order valence-electron chi connectivity index (χ0n) is 19.1. The lowest BCUT2D eigenvalue weighted by molar-refractivity contribution is -0.134. The first-order chi connectivity index (χ1) is 17.0. The summed E-state index contributed by atoms with van der Waals surface area (Å²) >= 11 is 6.04. The molecule has 1 N–H and O–H groups in total. The second-order valence-electron chi connectivity index (χ2n) is 8.36. The molecule has 1 aliphatic rings. The highest BCUT2D eigenvalue weighted by Gasteiger charge is 2.35. The molecule has 0 radical (unpaired) electrons. The number of fused-ring (bicyclic) bond motifs is 1. The molecule has 35 heavy (non-hydrogen) atoms. The number of carbonyl (C=O) groups excluding carboxylic acids is 1. The normalized spacial score (nSPS) is 15.7. The lowest BCUT2D eigenvalue weighted by Gasteiger charge is -2.24. The summed E-state index contributed by atoms with van der Waals surface area (Å²) in [5, 5.41) is 7.35. The maximum atomic E-state index is 13.4. The quantitative estimate of drug-likeness (QED) is 0.416. The van der Waals surface area contributed by atoms with Gasteiger partial charge in [-0.1, -0.05) is 42.8 Å². The number of rotatable bonds is 7. The van der Waals surface area contributed by atoms with E-state index in [0.717, 1.165) is 11.3 Å². The number of hydrogen-bond acceptors (Lipinski definition) is 6. The van der Waals surface area contributed by atoms with Crippen LogP contribution in [0.15, 0.2) is 81.2 Å². The molecule has 9 heteroatoms. The Labute approximate surface area is 206 Å². The van der Waals surface area contributed by atoms with E-state index in [1.165, 1.54) is 5.01 Å². The largest absolute Gasteiger partial charge is 0.467 e. The number of H-pyrrole nitrogens is 1. The topological polar surface area (TPSA) is 94.8 Å². The van der Waals surface area contributed by atoms with Gasteiger partial charge in [0.1, 0.15) is 17.6 Å². The molecule has 0 bridgehead atoms. The summed E-state index contributed by atoms with van der Waals surface area (Å²) in [4.78, 5) is 35.2. The number of carbonyl (C=O) groups is 1. The van der Waals surface area contributed by atoms with Crippen LogP contribution in [0.5, 0.6) is 0 Å². The van der Waals surface area contributed by atoms with Gasteiger partial charge >= 0.3 is 0 Å². The van der Waals surface area contributed by atoms with Crippen LogP contribution in [0, 0.1) is 0 Å². The second kappa shape index (κ2) is 9.85. The summed E-state index contributed by atoms with van der Waals surface area (Å²) in [6.45, 7) is 3.00. The number of aromatic amines is 1. The molecule has 3 heterocycles. The number of para-hydroxylation sites is 1. The average molecular weight is 490 g/mol. The number of furan rings is 1. The Bertz CT molecular complexity index is 1430. The van der Waals surface area contributed by atoms with Crippen LogP contribution in [-0.4, -0.2) is 44.6 Å². The van der Waals surface area contributed by atoms with Crippen molar-refractivity contribution in [3.05, 3.63) is 99.5 Å². The Hall–Kier alpha value is -3.75. The van der Waals surface area contributed by atoms with E-state index in [0.29, 0.717) is 47.0 Å². The Balaban J connectivity index is 1.37. The van der Waals surface area contributed by atoms with Gasteiger partial charge in [0, 0.05) is 11.4 Å². The molecule has 0 aliphatic carbocycles. The van der Waals surface area contributed by atoms with E-state index in [1.54, 1.807) is 30.5 Å². The SMILES string of the molecule is CCN(CC(=O)N1N=C(c2ccc(Cl)cc2)CC1c1ccco1)Cc1nc2ccccc2c(=O)[nH]1. The van der Waals surface area contributed by atoms with Crippen LogP contribution < -0.4 is 5.56 Å². The molecule has 1 aliphatic heterocycles. The van der Waals surface area contributed by atoms with Crippen molar-refractivity contribution in [2.75, 3.05) is 13.1 Å². The van der Waals surface area contributed by atoms with Crippen LogP contribution >= 0.6 is 11.6 Å². The standard InChI is InChI=1S/C26H24ClN5O3/c1-2-31(15-24-28-20-7-4-3-6-19(20)26(34)29-24)16-25(33)32-22(23-8-5-13-35-23)14-21(30-32)17-9-11-18(27)12-10-17/h3-13,22H,2,14-16H2,1H3,(H,28,29,34). The highest BCUT2D eigenvalue weighted by molar-refractivity contribution is 6.30. The molecule has 8 nitrogen and oxygen atoms in total. The summed E-state index contributed by atoms with van der Waals surface area (Å²) in [6.07, 6.45) is 2.13. The van der Waals surface area contributed by atoms with Gasteiger partial charge in [-0.2, -0.15) is 5.10 Å². The number of hydrazone groups is 1. The van der Waals surface area contributed by atoms with Crippen LogP contribution in [-0.2, 0) is 11.3 Å². The van der Waals surface area contributed by atoms with Crippen molar-refractivity contribution in [2.45, 2.75) is 25.9 Å². The highest BCUT2D eigenvalue weighted by Crippen LogP contribution is 2.33. The summed E-state index contributed by atoms with van der Waals surface area (Å²) in [6, 6.07) is 17.9. The molecule has 2 aromatic carbocycles. The molecule has 0 spiro atoms. The smallest absolute Gasteiger partial charge is 0.258 e. The number of nitrogens with zero attached hydrogens (tertiary/aromatic N) is 4. The zero-order valence-corrected chi connectivity index (χ0v) is 19.9. The van der Waals surface area contributed by atoms with Crippen LogP contribution in [0.2, 0.25) is 5.02 Å². The molecule has 1 atom stereocenters. The minimum Gasteiger partial charge on any atom is -0.467 e. The van der Waals surface area contributed by atoms with Gasteiger partial charge in [-0.3, -0.25) is 14.5 Å². The highest BCUT2D eigenvalue weighted by atomic mass is 35.5. The van der Waals surface area contributed by atoms with Crippen LogP contribution in [0.3, 0.4) is 0 Å². The monoisotopic (exact) mass is 489 g/mol. The van der Waals surface area contributed by atoms with Gasteiger partial charge in [0.25, 0.3) is 11.5 Å². The molecule has 0 fully saturated rings. The Morgan fingerprint density at radius 1 is 1.17 bits per heavy atom. The fraction of sp³-hybridized carbons (Fsp3) is 0.231. The fourth-order valence-electron chi connectivity index (χ4n) is 4.22. The summed E-state index contributed by atoms with van der Waals surface area (Å²) in [5.41, 5.74) is 2.14. The number of aromatic nitrogens is 2. The van der Waals surface area contributed by atoms with Crippen LogP contribution in [0.4, 0.5) is 0 Å². The van der Waals surface area contributed by atoms with E-state index in [4.69, 9.17) is 16.0 Å².